The second-order valence-corrected chi connectivity index (χ2v) is 4.26. The maximum atomic E-state index is 11.8. The molecule has 0 spiro atoms. The third-order valence-corrected chi connectivity index (χ3v) is 2.66. The number of aliphatic hydroxyl groups is 1. The lowest BCUT2D eigenvalue weighted by Crippen LogP contribution is -2.35. The lowest BCUT2D eigenvalue weighted by molar-refractivity contribution is 0.0917. The Morgan fingerprint density at radius 1 is 1.47 bits per heavy atom. The minimum absolute atomic E-state index is 0.113. The number of hydrogen-bond donors (Lipinski definition) is 3. The van der Waals surface area contributed by atoms with Gasteiger partial charge in [0.1, 0.15) is 0 Å². The molecule has 0 unspecified atom stereocenters. The molecule has 0 aliphatic heterocycles. The molecule has 0 aliphatic carbocycles. The molecule has 2 rings (SSSR count). The van der Waals surface area contributed by atoms with Gasteiger partial charge in [0.25, 0.3) is 5.91 Å². The molecule has 19 heavy (non-hydrogen) atoms. The summed E-state index contributed by atoms with van der Waals surface area (Å²) in [5, 5.41) is 15.7. The topological polar surface area (TPSA) is 93.2 Å². The lowest BCUT2D eigenvalue weighted by atomic mass is 10.3. The van der Waals surface area contributed by atoms with Crippen LogP contribution in [-0.2, 0) is 0 Å². The van der Waals surface area contributed by atoms with E-state index in [2.05, 4.69) is 10.4 Å². The van der Waals surface area contributed by atoms with Crippen molar-refractivity contribution in [2.24, 2.45) is 0 Å². The van der Waals surface area contributed by atoms with Crippen LogP contribution in [0.1, 0.15) is 17.4 Å². The third-order valence-electron chi connectivity index (χ3n) is 2.66. The highest BCUT2D eigenvalue weighted by molar-refractivity contribution is 5.92. The van der Waals surface area contributed by atoms with Gasteiger partial charge in [0.2, 0.25) is 0 Å². The fraction of sp³-hybridized carbons (Fsp3) is 0.231. The predicted molar refractivity (Wildman–Crippen MR) is 72.0 cm³/mol. The van der Waals surface area contributed by atoms with Gasteiger partial charge in [0, 0.05) is 12.2 Å². The van der Waals surface area contributed by atoms with Gasteiger partial charge in [-0.25, -0.2) is 4.68 Å². The Labute approximate surface area is 110 Å². The van der Waals surface area contributed by atoms with E-state index in [1.54, 1.807) is 29.9 Å². The van der Waals surface area contributed by atoms with Gasteiger partial charge in [0.15, 0.2) is 5.69 Å². The first-order valence-electron chi connectivity index (χ1n) is 5.94. The third kappa shape index (κ3) is 2.92. The summed E-state index contributed by atoms with van der Waals surface area (Å²) < 4.78 is 1.55. The fourth-order valence-electron chi connectivity index (χ4n) is 1.62. The molecule has 0 aliphatic rings. The summed E-state index contributed by atoms with van der Waals surface area (Å²) in [6.07, 6.45) is 1.67. The molecule has 1 heterocycles. The smallest absolute Gasteiger partial charge is 0.272 e. The number of aromatic nitrogens is 2. The number of aliphatic hydroxyl groups excluding tert-OH is 1. The Hall–Kier alpha value is -2.34. The number of nitrogens with zero attached hydrogens (tertiary/aromatic N) is 2. The summed E-state index contributed by atoms with van der Waals surface area (Å²) in [4.78, 5) is 11.8. The van der Waals surface area contributed by atoms with Gasteiger partial charge >= 0.3 is 0 Å². The summed E-state index contributed by atoms with van der Waals surface area (Å²) in [5.74, 6) is -0.324. The van der Waals surface area contributed by atoms with Crippen LogP contribution >= 0.6 is 0 Å². The highest BCUT2D eigenvalue weighted by Gasteiger charge is 2.13. The van der Waals surface area contributed by atoms with Crippen LogP contribution in [0.3, 0.4) is 0 Å². The molecule has 1 atom stereocenters. The van der Waals surface area contributed by atoms with Crippen LogP contribution in [-0.4, -0.2) is 33.4 Å². The average molecular weight is 260 g/mol. The molecule has 1 amide bonds. The first kappa shape index (κ1) is 13.1. The number of anilines is 1. The minimum atomic E-state index is -0.324. The highest BCUT2D eigenvalue weighted by atomic mass is 16.3. The molecule has 2 aromatic rings. The number of nitrogens with two attached hydrogens (primary N) is 1. The van der Waals surface area contributed by atoms with E-state index in [1.807, 2.05) is 18.2 Å². The maximum absolute atomic E-state index is 11.8. The van der Waals surface area contributed by atoms with Crippen LogP contribution < -0.4 is 11.1 Å². The SMILES string of the molecule is C[C@@H](CO)NC(=O)c1ccn(-c2ccccc2N)n1. The van der Waals surface area contributed by atoms with E-state index in [0.717, 1.165) is 5.69 Å². The molecular formula is C13H16N4O2. The van der Waals surface area contributed by atoms with E-state index < -0.39 is 0 Å². The number of nitrogens with one attached hydrogen (secondary N) is 1. The summed E-state index contributed by atoms with van der Waals surface area (Å²) in [6.45, 7) is 1.60. The number of carbonyl (C=O) groups excluding carboxylic acids is 1. The summed E-state index contributed by atoms with van der Waals surface area (Å²) in [5.41, 5.74) is 7.43. The Morgan fingerprint density at radius 2 is 2.21 bits per heavy atom. The van der Waals surface area contributed by atoms with Gasteiger partial charge in [-0.3, -0.25) is 4.79 Å². The van der Waals surface area contributed by atoms with E-state index in [9.17, 15) is 4.79 Å². The zero-order valence-corrected chi connectivity index (χ0v) is 10.6. The van der Waals surface area contributed by atoms with Crippen molar-refractivity contribution < 1.29 is 9.90 Å². The molecule has 6 nitrogen and oxygen atoms in total. The number of amides is 1. The van der Waals surface area contributed by atoms with E-state index in [0.29, 0.717) is 5.69 Å². The molecule has 0 saturated carbocycles. The summed E-state index contributed by atoms with van der Waals surface area (Å²) in [6, 6.07) is 8.57. The predicted octanol–water partition coefficient (Wildman–Crippen LogP) is 0.565. The fourth-order valence-corrected chi connectivity index (χ4v) is 1.62. The number of nitrogen functional groups attached to an aromatic ring is 1. The minimum Gasteiger partial charge on any atom is -0.397 e. The van der Waals surface area contributed by atoms with Crippen LogP contribution in [0.25, 0.3) is 5.69 Å². The zero-order chi connectivity index (χ0) is 13.8. The van der Waals surface area contributed by atoms with Crippen molar-refractivity contribution in [3.05, 3.63) is 42.2 Å². The lowest BCUT2D eigenvalue weighted by Gasteiger charge is -2.09. The van der Waals surface area contributed by atoms with Crippen molar-refractivity contribution in [1.29, 1.82) is 0 Å². The van der Waals surface area contributed by atoms with Gasteiger partial charge in [0.05, 0.1) is 18.0 Å². The number of benzene rings is 1. The molecule has 0 bridgehead atoms. The highest BCUT2D eigenvalue weighted by Crippen LogP contribution is 2.15. The van der Waals surface area contributed by atoms with E-state index in [1.165, 1.54) is 0 Å². The van der Waals surface area contributed by atoms with Gasteiger partial charge in [-0.2, -0.15) is 5.10 Å². The van der Waals surface area contributed by atoms with Crippen molar-refractivity contribution in [2.45, 2.75) is 13.0 Å². The van der Waals surface area contributed by atoms with Crippen molar-refractivity contribution >= 4 is 11.6 Å². The summed E-state index contributed by atoms with van der Waals surface area (Å²) in [7, 11) is 0. The van der Waals surface area contributed by atoms with Crippen LogP contribution in [0.2, 0.25) is 0 Å². The summed E-state index contributed by atoms with van der Waals surface area (Å²) >= 11 is 0. The molecule has 0 radical (unpaired) electrons. The zero-order valence-electron chi connectivity index (χ0n) is 10.6. The van der Waals surface area contributed by atoms with Gasteiger partial charge < -0.3 is 16.2 Å². The molecule has 6 heteroatoms. The van der Waals surface area contributed by atoms with E-state index >= 15 is 0 Å². The number of hydrogen-bond acceptors (Lipinski definition) is 4. The molecule has 4 N–H and O–H groups in total. The quantitative estimate of drug-likeness (QED) is 0.700. The van der Waals surface area contributed by atoms with Crippen molar-refractivity contribution in [2.75, 3.05) is 12.3 Å². The Balaban J connectivity index is 2.20. The Kier molecular flexibility index (Phi) is 3.82. The van der Waals surface area contributed by atoms with E-state index in [-0.39, 0.29) is 24.2 Å². The first-order valence-corrected chi connectivity index (χ1v) is 5.94. The van der Waals surface area contributed by atoms with Crippen molar-refractivity contribution in [3.8, 4) is 5.69 Å². The number of rotatable bonds is 4. The van der Waals surface area contributed by atoms with Crippen LogP contribution in [0.4, 0.5) is 5.69 Å². The molecule has 100 valence electrons. The normalized spacial score (nSPS) is 12.1. The molecule has 1 aromatic carbocycles. The number of para-hydroxylation sites is 2. The Morgan fingerprint density at radius 3 is 2.89 bits per heavy atom. The molecular weight excluding hydrogens is 244 g/mol. The van der Waals surface area contributed by atoms with Crippen LogP contribution in [0.5, 0.6) is 0 Å². The largest absolute Gasteiger partial charge is 0.397 e. The van der Waals surface area contributed by atoms with E-state index in [4.69, 9.17) is 10.8 Å². The van der Waals surface area contributed by atoms with Crippen LogP contribution in [0, 0.1) is 0 Å². The van der Waals surface area contributed by atoms with Crippen LogP contribution in [0.15, 0.2) is 36.5 Å². The van der Waals surface area contributed by atoms with Crippen molar-refractivity contribution in [1.82, 2.24) is 15.1 Å². The first-order chi connectivity index (χ1) is 9.11. The molecule has 0 fully saturated rings. The monoisotopic (exact) mass is 260 g/mol. The van der Waals surface area contributed by atoms with Gasteiger partial charge in [-0.1, -0.05) is 12.1 Å². The second-order valence-electron chi connectivity index (χ2n) is 4.26. The number of carbonyl (C=O) groups is 1. The van der Waals surface area contributed by atoms with Crippen molar-refractivity contribution in [3.63, 3.8) is 0 Å². The van der Waals surface area contributed by atoms with Gasteiger partial charge in [-0.15, -0.1) is 0 Å². The maximum Gasteiger partial charge on any atom is 0.272 e. The molecule has 0 saturated heterocycles. The standard InChI is InChI=1S/C13H16N4O2/c1-9(8-18)15-13(19)11-6-7-17(16-11)12-5-3-2-4-10(12)14/h2-7,9,18H,8,14H2,1H3,(H,15,19)/t9-/m0/s1. The molecule has 1 aromatic heterocycles. The second kappa shape index (κ2) is 5.53. The average Bonchev–Trinajstić information content (AvgIpc) is 2.88. The Bertz CT molecular complexity index is 580. The van der Waals surface area contributed by atoms with Gasteiger partial charge in [-0.05, 0) is 25.1 Å².